The van der Waals surface area contributed by atoms with Crippen LogP contribution in [0.1, 0.15) is 27.5 Å². The van der Waals surface area contributed by atoms with Crippen molar-refractivity contribution in [1.29, 1.82) is 0 Å². The van der Waals surface area contributed by atoms with Crippen molar-refractivity contribution in [3.63, 3.8) is 0 Å². The van der Waals surface area contributed by atoms with Crippen molar-refractivity contribution in [3.8, 4) is 11.5 Å². The maximum atomic E-state index is 13.1. The van der Waals surface area contributed by atoms with Crippen molar-refractivity contribution in [2.45, 2.75) is 6.04 Å². The number of nitrogens with zero attached hydrogens (tertiary/aromatic N) is 2. The maximum Gasteiger partial charge on any atom is 0.366 e. The molecule has 0 saturated heterocycles. The summed E-state index contributed by atoms with van der Waals surface area (Å²) in [5.74, 6) is 0.472. The van der Waals surface area contributed by atoms with Crippen molar-refractivity contribution < 1.29 is 19.2 Å². The molecule has 0 radical (unpaired) electrons. The number of ether oxygens (including phenoxy) is 1. The van der Waals surface area contributed by atoms with E-state index in [1.165, 1.54) is 5.01 Å². The monoisotopic (exact) mass is 437 g/mol. The number of rotatable bonds is 3. The number of amides is 2. The van der Waals surface area contributed by atoms with Crippen LogP contribution >= 0.6 is 11.6 Å². The lowest BCUT2D eigenvalue weighted by atomic mass is 9.94. The zero-order valence-corrected chi connectivity index (χ0v) is 17.7. The normalized spacial score (nSPS) is 12.4. The van der Waals surface area contributed by atoms with Crippen LogP contribution in [0.4, 0.5) is 4.79 Å². The molecule has 7 nitrogen and oxygen atoms in total. The molecule has 8 heteroatoms. The van der Waals surface area contributed by atoms with Gasteiger partial charge in [0.1, 0.15) is 17.5 Å². The standard InChI is InChI=1S/C23H20ClN3O4/c1-26(2)25-23(29)27(31-22(28)15-11-13-16(24)14-12-15)21-17-7-3-5-9-19(17)30-20-10-6-4-8-18(20)21/h3-14,21H,1-2H3,(H,25,29). The summed E-state index contributed by atoms with van der Waals surface area (Å²) in [4.78, 5) is 31.7. The summed E-state index contributed by atoms with van der Waals surface area (Å²) in [7, 11) is 3.34. The van der Waals surface area contributed by atoms with Gasteiger partial charge < -0.3 is 9.57 Å². The number of carbonyl (C=O) groups is 2. The summed E-state index contributed by atoms with van der Waals surface area (Å²) in [5.41, 5.74) is 4.30. The van der Waals surface area contributed by atoms with Crippen molar-refractivity contribution in [3.05, 3.63) is 94.5 Å². The largest absolute Gasteiger partial charge is 0.457 e. The molecule has 0 spiro atoms. The van der Waals surface area contributed by atoms with Crippen LogP contribution in [0.25, 0.3) is 0 Å². The number of hydrogen-bond acceptors (Lipinski definition) is 5. The highest BCUT2D eigenvalue weighted by atomic mass is 35.5. The van der Waals surface area contributed by atoms with Crippen molar-refractivity contribution in [2.75, 3.05) is 14.1 Å². The number of carbonyl (C=O) groups excluding carboxylic acids is 2. The Balaban J connectivity index is 1.77. The Hall–Kier alpha value is -3.55. The third kappa shape index (κ3) is 4.33. The molecule has 158 valence electrons. The van der Waals surface area contributed by atoms with Crippen molar-refractivity contribution in [2.24, 2.45) is 0 Å². The molecule has 0 bridgehead atoms. The SMILES string of the molecule is CN(C)NC(=O)N(OC(=O)c1ccc(Cl)cc1)C1c2ccccc2Oc2ccccc21. The van der Waals surface area contributed by atoms with E-state index in [1.54, 1.807) is 50.5 Å². The summed E-state index contributed by atoms with van der Waals surface area (Å²) in [6.45, 7) is 0. The molecule has 3 aromatic carbocycles. The summed E-state index contributed by atoms with van der Waals surface area (Å²) < 4.78 is 6.00. The van der Waals surface area contributed by atoms with Gasteiger partial charge in [-0.3, -0.25) is 5.43 Å². The van der Waals surface area contributed by atoms with Crippen LogP contribution in [0.2, 0.25) is 5.02 Å². The predicted molar refractivity (Wildman–Crippen MR) is 116 cm³/mol. The zero-order chi connectivity index (χ0) is 22.0. The van der Waals surface area contributed by atoms with Crippen LogP contribution in [-0.4, -0.2) is 36.2 Å². The first-order chi connectivity index (χ1) is 14.9. The second kappa shape index (κ2) is 8.67. The summed E-state index contributed by atoms with van der Waals surface area (Å²) in [5, 5.41) is 3.01. The Kier molecular flexibility index (Phi) is 5.79. The van der Waals surface area contributed by atoms with Gasteiger partial charge in [0.15, 0.2) is 0 Å². The van der Waals surface area contributed by atoms with E-state index in [9.17, 15) is 9.59 Å². The van der Waals surface area contributed by atoms with E-state index in [4.69, 9.17) is 21.2 Å². The summed E-state index contributed by atoms with van der Waals surface area (Å²) in [6, 6.07) is 19.6. The Morgan fingerprint density at radius 1 is 0.903 bits per heavy atom. The molecule has 1 N–H and O–H groups in total. The maximum absolute atomic E-state index is 13.1. The number of nitrogens with one attached hydrogen (secondary N) is 1. The molecule has 0 unspecified atom stereocenters. The molecule has 0 saturated carbocycles. The Morgan fingerprint density at radius 2 is 1.45 bits per heavy atom. The molecular formula is C23H20ClN3O4. The van der Waals surface area contributed by atoms with Crippen LogP contribution in [0.15, 0.2) is 72.8 Å². The van der Waals surface area contributed by atoms with Crippen LogP contribution in [0.5, 0.6) is 11.5 Å². The Morgan fingerprint density at radius 3 is 2.00 bits per heavy atom. The molecule has 0 atom stereocenters. The van der Waals surface area contributed by atoms with Crippen LogP contribution in [0.3, 0.4) is 0 Å². The number of halogens is 1. The molecule has 1 heterocycles. The van der Waals surface area contributed by atoms with E-state index in [2.05, 4.69) is 5.43 Å². The van der Waals surface area contributed by atoms with Gasteiger partial charge in [0, 0.05) is 30.2 Å². The lowest BCUT2D eigenvalue weighted by molar-refractivity contribution is -0.0958. The van der Waals surface area contributed by atoms with Gasteiger partial charge in [0.25, 0.3) is 0 Å². The van der Waals surface area contributed by atoms with Crippen LogP contribution in [-0.2, 0) is 4.84 Å². The fourth-order valence-electron chi connectivity index (χ4n) is 3.32. The van der Waals surface area contributed by atoms with Gasteiger partial charge >= 0.3 is 12.0 Å². The molecule has 1 aliphatic heterocycles. The van der Waals surface area contributed by atoms with E-state index >= 15 is 0 Å². The Bertz CT molecular complexity index is 1070. The minimum absolute atomic E-state index is 0.265. The average molecular weight is 438 g/mol. The van der Waals surface area contributed by atoms with E-state index in [0.717, 1.165) is 5.06 Å². The lowest BCUT2D eigenvalue weighted by Crippen LogP contribution is -2.48. The van der Waals surface area contributed by atoms with Gasteiger partial charge in [-0.2, -0.15) is 0 Å². The van der Waals surface area contributed by atoms with Gasteiger partial charge in [-0.15, -0.1) is 5.06 Å². The summed E-state index contributed by atoms with van der Waals surface area (Å²) >= 11 is 5.92. The molecule has 3 aromatic rings. The number of hydroxylamine groups is 2. The number of fused-ring (bicyclic) bond motifs is 2. The fourth-order valence-corrected chi connectivity index (χ4v) is 3.44. The number of hydrogen-bond donors (Lipinski definition) is 1. The number of hydrazine groups is 1. The van der Waals surface area contributed by atoms with Crippen LogP contribution in [0, 0.1) is 0 Å². The third-order valence-corrected chi connectivity index (χ3v) is 4.91. The lowest BCUT2D eigenvalue weighted by Gasteiger charge is -2.35. The second-order valence-corrected chi connectivity index (χ2v) is 7.54. The van der Waals surface area contributed by atoms with Gasteiger partial charge in [0.05, 0.1) is 5.56 Å². The smallest absolute Gasteiger partial charge is 0.366 e. The molecular weight excluding hydrogens is 418 g/mol. The quantitative estimate of drug-likeness (QED) is 0.596. The predicted octanol–water partition coefficient (Wildman–Crippen LogP) is 4.80. The Labute approximate surface area is 184 Å². The van der Waals surface area contributed by atoms with Gasteiger partial charge in [-0.1, -0.05) is 48.0 Å². The van der Waals surface area contributed by atoms with E-state index in [1.807, 2.05) is 36.4 Å². The minimum Gasteiger partial charge on any atom is -0.457 e. The highest BCUT2D eigenvalue weighted by Crippen LogP contribution is 2.45. The molecule has 1 aliphatic rings. The highest BCUT2D eigenvalue weighted by molar-refractivity contribution is 6.30. The first-order valence-electron chi connectivity index (χ1n) is 9.55. The minimum atomic E-state index is -0.711. The second-order valence-electron chi connectivity index (χ2n) is 7.10. The van der Waals surface area contributed by atoms with E-state index in [0.29, 0.717) is 27.6 Å². The molecule has 31 heavy (non-hydrogen) atoms. The van der Waals surface area contributed by atoms with Gasteiger partial charge in [0.2, 0.25) is 0 Å². The molecule has 0 aliphatic carbocycles. The summed E-state index contributed by atoms with van der Waals surface area (Å²) in [6.07, 6.45) is 0. The third-order valence-electron chi connectivity index (χ3n) is 4.66. The molecule has 0 aromatic heterocycles. The molecule has 2 amide bonds. The van der Waals surface area contributed by atoms with Crippen LogP contribution < -0.4 is 10.2 Å². The van der Waals surface area contributed by atoms with Gasteiger partial charge in [-0.05, 0) is 36.4 Å². The fraction of sp³-hybridized carbons (Fsp3) is 0.130. The van der Waals surface area contributed by atoms with Crippen molar-refractivity contribution in [1.82, 2.24) is 15.5 Å². The topological polar surface area (TPSA) is 71.1 Å². The highest BCUT2D eigenvalue weighted by Gasteiger charge is 2.37. The number of para-hydroxylation sites is 2. The van der Waals surface area contributed by atoms with Crippen molar-refractivity contribution >= 4 is 23.6 Å². The van der Waals surface area contributed by atoms with E-state index < -0.39 is 18.0 Å². The van der Waals surface area contributed by atoms with Gasteiger partial charge in [-0.25, -0.2) is 14.6 Å². The number of benzene rings is 3. The average Bonchev–Trinajstić information content (AvgIpc) is 2.76. The zero-order valence-electron chi connectivity index (χ0n) is 16.9. The molecule has 4 rings (SSSR count). The van der Waals surface area contributed by atoms with E-state index in [-0.39, 0.29) is 5.56 Å². The molecule has 0 fully saturated rings. The number of urea groups is 1. The first kappa shape index (κ1) is 20.7. The first-order valence-corrected chi connectivity index (χ1v) is 9.92.